The normalized spacial score (nSPS) is 10.7. The quantitative estimate of drug-likeness (QED) is 0.911. The van der Waals surface area contributed by atoms with Crippen molar-refractivity contribution in [3.63, 3.8) is 0 Å². The summed E-state index contributed by atoms with van der Waals surface area (Å²) in [5, 5.41) is 3.50. The molecule has 1 amide bonds. The molecule has 0 saturated carbocycles. The highest BCUT2D eigenvalue weighted by molar-refractivity contribution is 7.15. The number of nitrogens with one attached hydrogen (secondary N) is 1. The van der Waals surface area contributed by atoms with E-state index in [1.807, 2.05) is 24.4 Å². The molecular formula is C14H17N3OS. The number of nitrogens with zero attached hydrogens (tertiary/aromatic N) is 2. The Kier molecular flexibility index (Phi) is 4.63. The van der Waals surface area contributed by atoms with Gasteiger partial charge in [0.15, 0.2) is 5.13 Å². The van der Waals surface area contributed by atoms with Crippen molar-refractivity contribution in [2.75, 3.05) is 5.32 Å². The Balaban J connectivity index is 1.84. The van der Waals surface area contributed by atoms with Gasteiger partial charge in [-0.25, -0.2) is 4.98 Å². The fourth-order valence-electron chi connectivity index (χ4n) is 1.58. The lowest BCUT2D eigenvalue weighted by Gasteiger charge is -2.01. The zero-order valence-corrected chi connectivity index (χ0v) is 11.9. The van der Waals surface area contributed by atoms with Crippen LogP contribution in [-0.4, -0.2) is 15.9 Å². The molecule has 4 nitrogen and oxygen atoms in total. The third kappa shape index (κ3) is 4.13. The molecule has 0 fully saturated rings. The second kappa shape index (κ2) is 6.43. The summed E-state index contributed by atoms with van der Waals surface area (Å²) in [6.07, 6.45) is 4.63. The van der Waals surface area contributed by atoms with Crippen LogP contribution in [0.25, 0.3) is 0 Å². The van der Waals surface area contributed by atoms with Crippen molar-refractivity contribution in [3.05, 3.63) is 41.2 Å². The highest BCUT2D eigenvalue weighted by atomic mass is 32.1. The van der Waals surface area contributed by atoms with Crippen LogP contribution in [0.3, 0.4) is 0 Å². The number of aryl methyl sites for hydroxylation is 1. The summed E-state index contributed by atoms with van der Waals surface area (Å²) in [7, 11) is 0. The van der Waals surface area contributed by atoms with Crippen molar-refractivity contribution in [1.29, 1.82) is 0 Å². The lowest BCUT2D eigenvalue weighted by molar-refractivity contribution is -0.116. The van der Waals surface area contributed by atoms with Crippen molar-refractivity contribution in [2.24, 2.45) is 0 Å². The van der Waals surface area contributed by atoms with Crippen LogP contribution in [0.1, 0.15) is 36.8 Å². The summed E-state index contributed by atoms with van der Waals surface area (Å²) >= 11 is 1.53. The van der Waals surface area contributed by atoms with E-state index < -0.39 is 0 Å². The molecule has 5 heteroatoms. The number of aromatic nitrogens is 2. The standard InChI is InChI=1S/C14H17N3OS/c1-10(2)12-9-16-14(19-12)17-13(18)7-6-11-5-3-4-8-15-11/h3-5,8-10H,6-7H2,1-2H3,(H,16,17,18). The Labute approximate surface area is 116 Å². The number of amides is 1. The molecule has 0 aliphatic carbocycles. The van der Waals surface area contributed by atoms with Crippen LogP contribution in [0, 0.1) is 0 Å². The van der Waals surface area contributed by atoms with Crippen LogP contribution in [0.2, 0.25) is 0 Å². The van der Waals surface area contributed by atoms with Crippen LogP contribution in [0.15, 0.2) is 30.6 Å². The number of hydrogen-bond acceptors (Lipinski definition) is 4. The predicted octanol–water partition coefficient (Wildman–Crippen LogP) is 3.23. The molecule has 0 radical (unpaired) electrons. The van der Waals surface area contributed by atoms with Crippen LogP contribution >= 0.6 is 11.3 Å². The average molecular weight is 275 g/mol. The molecule has 0 atom stereocenters. The number of anilines is 1. The third-order valence-electron chi connectivity index (χ3n) is 2.67. The van der Waals surface area contributed by atoms with E-state index in [0.29, 0.717) is 23.9 Å². The smallest absolute Gasteiger partial charge is 0.226 e. The van der Waals surface area contributed by atoms with Gasteiger partial charge in [0.05, 0.1) is 0 Å². The Morgan fingerprint density at radius 3 is 2.84 bits per heavy atom. The van der Waals surface area contributed by atoms with Crippen LogP contribution in [-0.2, 0) is 11.2 Å². The molecule has 0 spiro atoms. The number of hydrogen-bond donors (Lipinski definition) is 1. The summed E-state index contributed by atoms with van der Waals surface area (Å²) in [4.78, 5) is 21.4. The van der Waals surface area contributed by atoms with Crippen molar-refractivity contribution in [3.8, 4) is 0 Å². The first-order valence-corrected chi connectivity index (χ1v) is 7.12. The van der Waals surface area contributed by atoms with E-state index in [9.17, 15) is 4.79 Å². The van der Waals surface area contributed by atoms with E-state index in [2.05, 4.69) is 29.1 Å². The van der Waals surface area contributed by atoms with Crippen LogP contribution in [0.4, 0.5) is 5.13 Å². The van der Waals surface area contributed by atoms with Gasteiger partial charge in [0, 0.05) is 29.4 Å². The monoisotopic (exact) mass is 275 g/mol. The lowest BCUT2D eigenvalue weighted by atomic mass is 10.2. The highest BCUT2D eigenvalue weighted by Crippen LogP contribution is 2.25. The van der Waals surface area contributed by atoms with Gasteiger partial charge in [-0.3, -0.25) is 9.78 Å². The Hall–Kier alpha value is -1.75. The van der Waals surface area contributed by atoms with Gasteiger partial charge >= 0.3 is 0 Å². The summed E-state index contributed by atoms with van der Waals surface area (Å²) in [5.74, 6) is 0.423. The fraction of sp³-hybridized carbons (Fsp3) is 0.357. The van der Waals surface area contributed by atoms with Crippen molar-refractivity contribution < 1.29 is 4.79 Å². The largest absolute Gasteiger partial charge is 0.302 e. The van der Waals surface area contributed by atoms with E-state index in [0.717, 1.165) is 5.69 Å². The molecule has 0 unspecified atom stereocenters. The predicted molar refractivity (Wildman–Crippen MR) is 77.4 cm³/mol. The molecule has 0 bridgehead atoms. The zero-order chi connectivity index (χ0) is 13.7. The van der Waals surface area contributed by atoms with Crippen molar-refractivity contribution in [1.82, 2.24) is 9.97 Å². The maximum Gasteiger partial charge on any atom is 0.226 e. The van der Waals surface area contributed by atoms with Gasteiger partial charge in [-0.1, -0.05) is 19.9 Å². The molecule has 2 rings (SSSR count). The summed E-state index contributed by atoms with van der Waals surface area (Å²) in [5.41, 5.74) is 0.930. The van der Waals surface area contributed by atoms with Gasteiger partial charge in [0.25, 0.3) is 0 Å². The van der Waals surface area contributed by atoms with Gasteiger partial charge in [-0.15, -0.1) is 11.3 Å². The molecule has 2 heterocycles. The summed E-state index contributed by atoms with van der Waals surface area (Å²) in [6, 6.07) is 5.72. The first-order valence-electron chi connectivity index (χ1n) is 6.30. The van der Waals surface area contributed by atoms with E-state index >= 15 is 0 Å². The Morgan fingerprint density at radius 2 is 2.21 bits per heavy atom. The van der Waals surface area contributed by atoms with Gasteiger partial charge in [0.1, 0.15) is 0 Å². The summed E-state index contributed by atoms with van der Waals surface area (Å²) in [6.45, 7) is 4.22. The Morgan fingerprint density at radius 1 is 1.37 bits per heavy atom. The van der Waals surface area contributed by atoms with E-state index in [-0.39, 0.29) is 5.91 Å². The van der Waals surface area contributed by atoms with E-state index in [1.54, 1.807) is 6.20 Å². The van der Waals surface area contributed by atoms with Gasteiger partial charge in [-0.2, -0.15) is 0 Å². The number of carbonyl (C=O) groups is 1. The topological polar surface area (TPSA) is 54.9 Å². The molecule has 0 aliphatic rings. The van der Waals surface area contributed by atoms with E-state index in [1.165, 1.54) is 16.2 Å². The minimum Gasteiger partial charge on any atom is -0.302 e. The highest BCUT2D eigenvalue weighted by Gasteiger charge is 2.09. The van der Waals surface area contributed by atoms with Gasteiger partial charge in [0.2, 0.25) is 5.91 Å². The number of rotatable bonds is 5. The lowest BCUT2D eigenvalue weighted by Crippen LogP contribution is -2.12. The third-order valence-corrected chi connectivity index (χ3v) is 3.89. The molecule has 19 heavy (non-hydrogen) atoms. The van der Waals surface area contributed by atoms with E-state index in [4.69, 9.17) is 0 Å². The van der Waals surface area contributed by atoms with Crippen molar-refractivity contribution >= 4 is 22.4 Å². The second-order valence-corrected chi connectivity index (χ2v) is 5.65. The first-order chi connectivity index (χ1) is 9.15. The summed E-state index contributed by atoms with van der Waals surface area (Å²) < 4.78 is 0. The molecular weight excluding hydrogens is 258 g/mol. The first kappa shape index (κ1) is 13.7. The molecule has 1 N–H and O–H groups in total. The number of thiazole rings is 1. The number of carbonyl (C=O) groups excluding carboxylic acids is 1. The zero-order valence-electron chi connectivity index (χ0n) is 11.1. The minimum atomic E-state index is -0.0182. The SMILES string of the molecule is CC(C)c1cnc(NC(=O)CCc2ccccn2)s1. The van der Waals surface area contributed by atoms with Crippen molar-refractivity contribution in [2.45, 2.75) is 32.6 Å². The maximum atomic E-state index is 11.8. The van der Waals surface area contributed by atoms with Crippen LogP contribution < -0.4 is 5.32 Å². The molecule has 2 aromatic rings. The Bertz CT molecular complexity index is 537. The number of pyridine rings is 1. The molecule has 2 aromatic heterocycles. The molecule has 0 aliphatic heterocycles. The fourth-order valence-corrected chi connectivity index (χ4v) is 2.42. The molecule has 0 aromatic carbocycles. The van der Waals surface area contributed by atoms with Crippen LogP contribution in [0.5, 0.6) is 0 Å². The molecule has 0 saturated heterocycles. The molecule has 100 valence electrons. The van der Waals surface area contributed by atoms with Gasteiger partial charge in [-0.05, 0) is 24.5 Å². The second-order valence-electron chi connectivity index (χ2n) is 4.59. The average Bonchev–Trinajstić information content (AvgIpc) is 2.86. The maximum absolute atomic E-state index is 11.8. The van der Waals surface area contributed by atoms with Gasteiger partial charge < -0.3 is 5.32 Å². The minimum absolute atomic E-state index is 0.0182.